The smallest absolute Gasteiger partial charge is 0.243 e. The third kappa shape index (κ3) is 3.06. The third-order valence-electron chi connectivity index (χ3n) is 4.15. The van der Waals surface area contributed by atoms with Crippen molar-refractivity contribution in [3.63, 3.8) is 0 Å². The first-order valence-corrected chi connectivity index (χ1v) is 8.22. The molecule has 0 bridgehead atoms. The average Bonchev–Trinajstić information content (AvgIpc) is 2.60. The molecule has 1 aromatic heterocycles. The highest BCUT2D eigenvalue weighted by molar-refractivity contribution is 6.13. The minimum atomic E-state index is 0.512. The van der Waals surface area contributed by atoms with E-state index in [9.17, 15) is 0 Å². The van der Waals surface area contributed by atoms with Gasteiger partial charge in [-0.05, 0) is 47.5 Å². The Kier molecular flexibility index (Phi) is 3.86. The molecule has 3 aromatic carbocycles. The van der Waals surface area contributed by atoms with Gasteiger partial charge < -0.3 is 0 Å². The van der Waals surface area contributed by atoms with Crippen molar-refractivity contribution in [2.75, 3.05) is 5.43 Å². The van der Waals surface area contributed by atoms with E-state index >= 15 is 0 Å². The molecule has 0 saturated carbocycles. The van der Waals surface area contributed by atoms with Gasteiger partial charge >= 0.3 is 0 Å². The lowest BCUT2D eigenvalue weighted by molar-refractivity contribution is 1.04. The molecule has 4 heteroatoms. The van der Waals surface area contributed by atoms with Crippen LogP contribution in [0.4, 0.5) is 5.95 Å². The standard InChI is InChI=1S/C21H18N4/c1-14-11-15(2)24-21(23-14)25-22-13-20-18-9-5-3-7-16(18)12-17-8-4-6-10-19(17)20/h3-13H,1-2H3,(H,23,24,25)/b22-13-. The SMILES string of the molecule is Cc1cc(C)nc(N/N=C\c2c3ccccc3cc3ccccc23)n1. The van der Waals surface area contributed by atoms with Crippen LogP contribution in [0.5, 0.6) is 0 Å². The topological polar surface area (TPSA) is 50.2 Å². The third-order valence-corrected chi connectivity index (χ3v) is 4.15. The lowest BCUT2D eigenvalue weighted by atomic mass is 9.97. The predicted octanol–water partition coefficient (Wildman–Crippen LogP) is 4.85. The summed E-state index contributed by atoms with van der Waals surface area (Å²) in [6.45, 7) is 3.89. The second-order valence-corrected chi connectivity index (χ2v) is 6.08. The Labute approximate surface area is 146 Å². The van der Waals surface area contributed by atoms with Gasteiger partial charge in [-0.15, -0.1) is 0 Å². The summed E-state index contributed by atoms with van der Waals surface area (Å²) in [5.41, 5.74) is 5.87. The van der Waals surface area contributed by atoms with Crippen molar-refractivity contribution in [2.24, 2.45) is 5.10 Å². The Balaban J connectivity index is 1.79. The number of benzene rings is 3. The van der Waals surface area contributed by atoms with E-state index in [1.807, 2.05) is 26.1 Å². The number of aromatic nitrogens is 2. The number of hydrogen-bond donors (Lipinski definition) is 1. The van der Waals surface area contributed by atoms with E-state index in [4.69, 9.17) is 0 Å². The Bertz CT molecular complexity index is 1030. The van der Waals surface area contributed by atoms with Crippen LogP contribution in [0.25, 0.3) is 21.5 Å². The molecule has 0 atom stereocenters. The molecule has 0 spiro atoms. The quantitative estimate of drug-likeness (QED) is 0.333. The van der Waals surface area contributed by atoms with Crippen molar-refractivity contribution in [3.05, 3.63) is 77.6 Å². The molecule has 25 heavy (non-hydrogen) atoms. The van der Waals surface area contributed by atoms with Gasteiger partial charge in [-0.1, -0.05) is 48.5 Å². The Hall–Kier alpha value is -3.27. The summed E-state index contributed by atoms with van der Waals surface area (Å²) in [5.74, 6) is 0.512. The van der Waals surface area contributed by atoms with Crippen LogP contribution in [-0.4, -0.2) is 16.2 Å². The first-order valence-electron chi connectivity index (χ1n) is 8.22. The van der Waals surface area contributed by atoms with Crippen molar-refractivity contribution in [3.8, 4) is 0 Å². The Morgan fingerprint density at radius 2 is 1.36 bits per heavy atom. The van der Waals surface area contributed by atoms with Crippen LogP contribution in [0.1, 0.15) is 17.0 Å². The van der Waals surface area contributed by atoms with E-state index in [-0.39, 0.29) is 0 Å². The van der Waals surface area contributed by atoms with Crippen molar-refractivity contribution >= 4 is 33.7 Å². The molecular weight excluding hydrogens is 308 g/mol. The van der Waals surface area contributed by atoms with Crippen LogP contribution >= 0.6 is 0 Å². The molecule has 4 rings (SSSR count). The summed E-state index contributed by atoms with van der Waals surface area (Å²) in [4.78, 5) is 8.71. The van der Waals surface area contributed by atoms with E-state index in [1.165, 1.54) is 21.5 Å². The van der Waals surface area contributed by atoms with Crippen LogP contribution in [0.15, 0.2) is 65.8 Å². The molecular formula is C21H18N4. The van der Waals surface area contributed by atoms with E-state index in [0.29, 0.717) is 5.95 Å². The Morgan fingerprint density at radius 3 is 1.96 bits per heavy atom. The summed E-state index contributed by atoms with van der Waals surface area (Å²) in [7, 11) is 0. The molecule has 4 aromatic rings. The number of fused-ring (bicyclic) bond motifs is 2. The average molecular weight is 326 g/mol. The lowest BCUT2D eigenvalue weighted by Gasteiger charge is -2.08. The highest BCUT2D eigenvalue weighted by Crippen LogP contribution is 2.27. The zero-order valence-electron chi connectivity index (χ0n) is 14.2. The fraction of sp³-hybridized carbons (Fsp3) is 0.0952. The van der Waals surface area contributed by atoms with Gasteiger partial charge in [0.15, 0.2) is 0 Å². The maximum Gasteiger partial charge on any atom is 0.243 e. The van der Waals surface area contributed by atoms with Gasteiger partial charge in [0.25, 0.3) is 0 Å². The molecule has 1 N–H and O–H groups in total. The summed E-state index contributed by atoms with van der Waals surface area (Å²) >= 11 is 0. The first kappa shape index (κ1) is 15.3. The van der Waals surface area contributed by atoms with Crippen molar-refractivity contribution in [2.45, 2.75) is 13.8 Å². The van der Waals surface area contributed by atoms with Crippen LogP contribution in [0.2, 0.25) is 0 Å². The van der Waals surface area contributed by atoms with Gasteiger partial charge in [-0.25, -0.2) is 15.4 Å². The number of hydrogen-bond acceptors (Lipinski definition) is 4. The molecule has 4 nitrogen and oxygen atoms in total. The summed E-state index contributed by atoms with van der Waals surface area (Å²) in [5, 5.41) is 9.14. The predicted molar refractivity (Wildman–Crippen MR) is 104 cm³/mol. The van der Waals surface area contributed by atoms with Gasteiger partial charge in [-0.3, -0.25) is 0 Å². The largest absolute Gasteiger partial charge is 0.245 e. The number of anilines is 1. The molecule has 1 heterocycles. The normalized spacial score (nSPS) is 11.4. The van der Waals surface area contributed by atoms with Crippen LogP contribution in [0, 0.1) is 13.8 Å². The molecule has 0 amide bonds. The van der Waals surface area contributed by atoms with E-state index in [2.05, 4.69) is 75.1 Å². The van der Waals surface area contributed by atoms with E-state index in [1.54, 1.807) is 0 Å². The highest BCUT2D eigenvalue weighted by Gasteiger charge is 2.05. The second-order valence-electron chi connectivity index (χ2n) is 6.08. The molecule has 0 aliphatic carbocycles. The monoisotopic (exact) mass is 326 g/mol. The number of nitrogens with one attached hydrogen (secondary N) is 1. The van der Waals surface area contributed by atoms with Gasteiger partial charge in [0.2, 0.25) is 5.95 Å². The minimum absolute atomic E-state index is 0.512. The maximum absolute atomic E-state index is 4.39. The van der Waals surface area contributed by atoms with Crippen LogP contribution in [-0.2, 0) is 0 Å². The lowest BCUT2D eigenvalue weighted by Crippen LogP contribution is -2.00. The molecule has 0 saturated heterocycles. The van der Waals surface area contributed by atoms with Crippen molar-refractivity contribution < 1.29 is 0 Å². The number of aryl methyl sites for hydroxylation is 2. The zero-order valence-corrected chi connectivity index (χ0v) is 14.2. The minimum Gasteiger partial charge on any atom is -0.245 e. The number of nitrogens with zero attached hydrogens (tertiary/aromatic N) is 3. The highest BCUT2D eigenvalue weighted by atomic mass is 15.3. The fourth-order valence-electron chi connectivity index (χ4n) is 3.12. The molecule has 0 aliphatic heterocycles. The van der Waals surface area contributed by atoms with Crippen molar-refractivity contribution in [1.29, 1.82) is 0 Å². The Morgan fingerprint density at radius 1 is 0.800 bits per heavy atom. The van der Waals surface area contributed by atoms with Crippen LogP contribution in [0.3, 0.4) is 0 Å². The van der Waals surface area contributed by atoms with Crippen LogP contribution < -0.4 is 5.43 Å². The molecule has 0 fully saturated rings. The first-order chi connectivity index (χ1) is 12.2. The fourth-order valence-corrected chi connectivity index (χ4v) is 3.12. The number of rotatable bonds is 3. The van der Waals surface area contributed by atoms with Crippen molar-refractivity contribution in [1.82, 2.24) is 9.97 Å². The van der Waals surface area contributed by atoms with Gasteiger partial charge in [0, 0.05) is 17.0 Å². The summed E-state index contributed by atoms with van der Waals surface area (Å²) in [6.07, 6.45) is 1.85. The maximum atomic E-state index is 4.39. The van der Waals surface area contributed by atoms with E-state index in [0.717, 1.165) is 17.0 Å². The second kappa shape index (κ2) is 6.32. The molecule has 0 radical (unpaired) electrons. The number of hydrazone groups is 1. The van der Waals surface area contributed by atoms with Gasteiger partial charge in [0.1, 0.15) is 0 Å². The zero-order chi connectivity index (χ0) is 17.2. The van der Waals surface area contributed by atoms with E-state index < -0.39 is 0 Å². The van der Waals surface area contributed by atoms with Gasteiger partial charge in [0.05, 0.1) is 6.21 Å². The molecule has 122 valence electrons. The molecule has 0 unspecified atom stereocenters. The summed E-state index contributed by atoms with van der Waals surface area (Å²) in [6, 6.07) is 20.9. The summed E-state index contributed by atoms with van der Waals surface area (Å²) < 4.78 is 0. The molecule has 0 aliphatic rings. The van der Waals surface area contributed by atoms with Gasteiger partial charge in [-0.2, -0.15) is 5.10 Å².